The molecule has 0 fully saturated rings. The zero-order valence-corrected chi connectivity index (χ0v) is 10.1. The zero-order chi connectivity index (χ0) is 13.1. The van der Waals surface area contributed by atoms with Crippen LogP contribution < -0.4 is 10.5 Å². The second kappa shape index (κ2) is 5.30. The minimum atomic E-state index is -3.56. The number of carboxylic acid groups (broad SMARTS) is 1. The first-order valence-corrected chi connectivity index (χ1v) is 6.52. The predicted molar refractivity (Wildman–Crippen MR) is 62.7 cm³/mol. The van der Waals surface area contributed by atoms with Gasteiger partial charge in [-0.1, -0.05) is 11.6 Å². The molecule has 0 saturated carbocycles. The molecule has 0 aliphatic rings. The normalized spacial score (nSPS) is 11.2. The molecule has 94 valence electrons. The quantitative estimate of drug-likeness (QED) is 0.704. The Hall–Kier alpha value is -1.38. The number of anilines is 1. The van der Waals surface area contributed by atoms with E-state index in [2.05, 4.69) is 10.3 Å². The van der Waals surface area contributed by atoms with Gasteiger partial charge in [0.05, 0.1) is 16.3 Å². The number of nitrogens with zero attached hydrogens (tertiary/aromatic N) is 1. The topological polar surface area (TPSA) is 122 Å². The van der Waals surface area contributed by atoms with Crippen LogP contribution >= 0.6 is 11.6 Å². The first-order chi connectivity index (χ1) is 7.79. The predicted octanol–water partition coefficient (Wildman–Crippen LogP) is 0.134. The fraction of sp³-hybridized carbons (Fsp3) is 0.250. The number of halogens is 1. The smallest absolute Gasteiger partial charge is 0.337 e. The maximum Gasteiger partial charge on any atom is 0.337 e. The lowest BCUT2D eigenvalue weighted by atomic mass is 10.3. The molecule has 0 amide bonds. The van der Waals surface area contributed by atoms with Crippen molar-refractivity contribution in [2.75, 3.05) is 17.6 Å². The van der Waals surface area contributed by atoms with Gasteiger partial charge in [0.15, 0.2) is 0 Å². The van der Waals surface area contributed by atoms with Gasteiger partial charge in [-0.05, 0) is 6.07 Å². The monoisotopic (exact) mass is 279 g/mol. The number of carboxylic acids is 1. The van der Waals surface area contributed by atoms with Gasteiger partial charge >= 0.3 is 5.97 Å². The SMILES string of the molecule is NS(=O)(=O)CCNc1ncc(C(=O)O)cc1Cl. The first kappa shape index (κ1) is 13.7. The maximum absolute atomic E-state index is 10.7. The van der Waals surface area contributed by atoms with Crippen molar-refractivity contribution in [3.8, 4) is 0 Å². The molecule has 17 heavy (non-hydrogen) atoms. The lowest BCUT2D eigenvalue weighted by molar-refractivity contribution is 0.0696. The van der Waals surface area contributed by atoms with Gasteiger partial charge in [0, 0.05) is 12.7 Å². The van der Waals surface area contributed by atoms with Crippen LogP contribution in [0.4, 0.5) is 5.82 Å². The van der Waals surface area contributed by atoms with Gasteiger partial charge in [-0.3, -0.25) is 0 Å². The molecule has 1 heterocycles. The van der Waals surface area contributed by atoms with Crippen LogP contribution in [0.25, 0.3) is 0 Å². The van der Waals surface area contributed by atoms with Crippen LogP contribution in [0.1, 0.15) is 10.4 Å². The van der Waals surface area contributed by atoms with Gasteiger partial charge in [-0.25, -0.2) is 23.3 Å². The Morgan fingerprint density at radius 1 is 1.59 bits per heavy atom. The number of aromatic carboxylic acids is 1. The molecule has 0 aliphatic heterocycles. The summed E-state index contributed by atoms with van der Waals surface area (Å²) in [6.45, 7) is 0.0397. The van der Waals surface area contributed by atoms with Crippen LogP contribution in [-0.4, -0.2) is 36.8 Å². The van der Waals surface area contributed by atoms with E-state index in [1.807, 2.05) is 0 Å². The molecular formula is C8H10ClN3O4S. The van der Waals surface area contributed by atoms with Gasteiger partial charge in [0.25, 0.3) is 0 Å². The van der Waals surface area contributed by atoms with Gasteiger partial charge in [-0.15, -0.1) is 0 Å². The standard InChI is InChI=1S/C8H10ClN3O4S/c9-6-3-5(8(13)14)4-12-7(6)11-1-2-17(10,15)16/h3-4H,1-2H2,(H,11,12)(H,13,14)(H2,10,15,16). The minimum absolute atomic E-state index is 0.0397. The summed E-state index contributed by atoms with van der Waals surface area (Å²) in [4.78, 5) is 14.4. The summed E-state index contributed by atoms with van der Waals surface area (Å²) in [5.74, 6) is -1.21. The van der Waals surface area contributed by atoms with Crippen molar-refractivity contribution in [2.24, 2.45) is 5.14 Å². The van der Waals surface area contributed by atoms with Crippen molar-refractivity contribution in [2.45, 2.75) is 0 Å². The molecule has 0 saturated heterocycles. The maximum atomic E-state index is 10.7. The lowest BCUT2D eigenvalue weighted by Crippen LogP contribution is -2.22. The number of sulfonamides is 1. The molecule has 0 aromatic carbocycles. The van der Waals surface area contributed by atoms with E-state index in [9.17, 15) is 13.2 Å². The number of nitrogens with one attached hydrogen (secondary N) is 1. The Kier molecular flexibility index (Phi) is 4.27. The highest BCUT2D eigenvalue weighted by atomic mass is 35.5. The summed E-state index contributed by atoms with van der Waals surface area (Å²) in [6, 6.07) is 1.22. The van der Waals surface area contributed by atoms with Crippen molar-refractivity contribution < 1.29 is 18.3 Å². The molecular weight excluding hydrogens is 270 g/mol. The molecule has 0 atom stereocenters. The van der Waals surface area contributed by atoms with E-state index in [1.54, 1.807) is 0 Å². The van der Waals surface area contributed by atoms with Crippen molar-refractivity contribution >= 4 is 33.4 Å². The summed E-state index contributed by atoms with van der Waals surface area (Å²) in [5.41, 5.74) is -0.0491. The molecule has 1 aromatic heterocycles. The second-order valence-electron chi connectivity index (χ2n) is 3.15. The van der Waals surface area contributed by atoms with E-state index >= 15 is 0 Å². The van der Waals surface area contributed by atoms with Crippen LogP contribution in [0, 0.1) is 0 Å². The number of hydrogen-bond acceptors (Lipinski definition) is 5. The number of rotatable bonds is 5. The third-order valence-corrected chi connectivity index (χ3v) is 2.83. The first-order valence-electron chi connectivity index (χ1n) is 4.43. The Morgan fingerprint density at radius 2 is 2.24 bits per heavy atom. The van der Waals surface area contributed by atoms with E-state index in [-0.39, 0.29) is 28.7 Å². The Morgan fingerprint density at radius 3 is 2.71 bits per heavy atom. The minimum Gasteiger partial charge on any atom is -0.478 e. The van der Waals surface area contributed by atoms with Crippen molar-refractivity contribution in [3.63, 3.8) is 0 Å². The highest BCUT2D eigenvalue weighted by molar-refractivity contribution is 7.89. The molecule has 1 rings (SSSR count). The second-order valence-corrected chi connectivity index (χ2v) is 5.29. The fourth-order valence-corrected chi connectivity index (χ4v) is 1.62. The Balaban J connectivity index is 2.70. The van der Waals surface area contributed by atoms with Gasteiger partial charge in [0.1, 0.15) is 5.82 Å². The van der Waals surface area contributed by atoms with Crippen LogP contribution in [0.5, 0.6) is 0 Å². The van der Waals surface area contributed by atoms with Crippen LogP contribution in [0.15, 0.2) is 12.3 Å². The number of hydrogen-bond donors (Lipinski definition) is 3. The molecule has 0 unspecified atom stereocenters. The summed E-state index contributed by atoms with van der Waals surface area (Å²) in [6.07, 6.45) is 1.12. The van der Waals surface area contributed by atoms with Crippen LogP contribution in [0.3, 0.4) is 0 Å². The highest BCUT2D eigenvalue weighted by Gasteiger charge is 2.09. The van der Waals surface area contributed by atoms with E-state index in [0.717, 1.165) is 6.20 Å². The molecule has 7 nitrogen and oxygen atoms in total. The Labute approximate surface area is 103 Å². The number of carbonyl (C=O) groups is 1. The largest absolute Gasteiger partial charge is 0.478 e. The van der Waals surface area contributed by atoms with Crippen molar-refractivity contribution in [3.05, 3.63) is 22.8 Å². The number of nitrogens with two attached hydrogens (primary N) is 1. The average molecular weight is 280 g/mol. The number of primary sulfonamides is 1. The molecule has 1 aromatic rings. The summed E-state index contributed by atoms with van der Waals surface area (Å²) >= 11 is 5.75. The molecule has 0 radical (unpaired) electrons. The summed E-state index contributed by atoms with van der Waals surface area (Å²) in [5, 5.41) is 16.2. The molecule has 4 N–H and O–H groups in total. The lowest BCUT2D eigenvalue weighted by Gasteiger charge is -2.06. The molecule has 0 spiro atoms. The van der Waals surface area contributed by atoms with Crippen LogP contribution in [0.2, 0.25) is 5.02 Å². The van der Waals surface area contributed by atoms with E-state index in [1.165, 1.54) is 6.07 Å². The fourth-order valence-electron chi connectivity index (χ4n) is 0.997. The van der Waals surface area contributed by atoms with E-state index in [4.69, 9.17) is 21.8 Å². The zero-order valence-electron chi connectivity index (χ0n) is 8.55. The molecule has 0 aliphatic carbocycles. The van der Waals surface area contributed by atoms with Gasteiger partial charge < -0.3 is 10.4 Å². The highest BCUT2D eigenvalue weighted by Crippen LogP contribution is 2.19. The average Bonchev–Trinajstić information content (AvgIpc) is 2.18. The van der Waals surface area contributed by atoms with Gasteiger partial charge in [0.2, 0.25) is 10.0 Å². The van der Waals surface area contributed by atoms with E-state index in [0.29, 0.717) is 0 Å². The van der Waals surface area contributed by atoms with Crippen LogP contribution in [-0.2, 0) is 10.0 Å². The number of aromatic nitrogens is 1. The van der Waals surface area contributed by atoms with Crippen molar-refractivity contribution in [1.82, 2.24) is 4.98 Å². The molecule has 0 bridgehead atoms. The summed E-state index contributed by atoms with van der Waals surface area (Å²) < 4.78 is 21.3. The number of pyridine rings is 1. The van der Waals surface area contributed by atoms with Gasteiger partial charge in [-0.2, -0.15) is 0 Å². The Bertz CT molecular complexity index is 532. The van der Waals surface area contributed by atoms with E-state index < -0.39 is 16.0 Å². The molecule has 9 heteroatoms. The van der Waals surface area contributed by atoms with Crippen molar-refractivity contribution in [1.29, 1.82) is 0 Å². The third-order valence-electron chi connectivity index (χ3n) is 1.77. The third kappa shape index (κ3) is 4.55. The summed E-state index contributed by atoms with van der Waals surface area (Å²) in [7, 11) is -3.56.